The highest BCUT2D eigenvalue weighted by atomic mass is 16.6. The Bertz CT molecular complexity index is 941. The van der Waals surface area contributed by atoms with Crippen molar-refractivity contribution in [1.29, 1.82) is 0 Å². The first-order valence-electron chi connectivity index (χ1n) is 9.91. The van der Waals surface area contributed by atoms with Crippen LogP contribution in [0, 0.1) is 0 Å². The normalized spacial score (nSPS) is 14.8. The fourth-order valence-corrected chi connectivity index (χ4v) is 3.54. The highest BCUT2D eigenvalue weighted by Gasteiger charge is 2.20. The molecule has 1 aliphatic rings. The molecule has 0 bridgehead atoms. The van der Waals surface area contributed by atoms with Crippen molar-refractivity contribution in [3.63, 3.8) is 0 Å². The fourth-order valence-electron chi connectivity index (χ4n) is 3.54. The molecule has 4 rings (SSSR count). The van der Waals surface area contributed by atoms with E-state index in [1.54, 1.807) is 10.9 Å². The average Bonchev–Trinajstić information content (AvgIpc) is 3.29. The van der Waals surface area contributed by atoms with Crippen molar-refractivity contribution >= 4 is 5.91 Å². The first kappa shape index (κ1) is 19.1. The summed E-state index contributed by atoms with van der Waals surface area (Å²) in [6.07, 6.45) is 4.65. The summed E-state index contributed by atoms with van der Waals surface area (Å²) in [5.41, 5.74) is 2.16. The Hall–Kier alpha value is -3.28. The second kappa shape index (κ2) is 8.82. The lowest BCUT2D eigenvalue weighted by molar-refractivity contribution is -0.122. The van der Waals surface area contributed by atoms with Gasteiger partial charge >= 0.3 is 0 Å². The first-order valence-corrected chi connectivity index (χ1v) is 9.91. The van der Waals surface area contributed by atoms with Crippen molar-refractivity contribution in [2.75, 3.05) is 13.2 Å². The largest absolute Gasteiger partial charge is 0.486 e. The first-order chi connectivity index (χ1) is 14.2. The van der Waals surface area contributed by atoms with Gasteiger partial charge in [-0.3, -0.25) is 9.48 Å². The van der Waals surface area contributed by atoms with Crippen molar-refractivity contribution in [2.24, 2.45) is 0 Å². The predicted octanol–water partition coefficient (Wildman–Crippen LogP) is 3.71. The van der Waals surface area contributed by atoms with Crippen LogP contribution < -0.4 is 14.8 Å². The van der Waals surface area contributed by atoms with Crippen LogP contribution in [0.3, 0.4) is 0 Å². The van der Waals surface area contributed by atoms with Crippen LogP contribution in [0.2, 0.25) is 0 Å². The quantitative estimate of drug-likeness (QED) is 0.667. The lowest BCUT2D eigenvalue weighted by atomic mass is 9.98. The molecule has 0 saturated heterocycles. The molecule has 0 radical (unpaired) electrons. The van der Waals surface area contributed by atoms with E-state index in [9.17, 15) is 4.79 Å². The molecule has 2 atom stereocenters. The third-order valence-electron chi connectivity index (χ3n) is 5.04. The molecule has 6 nitrogen and oxygen atoms in total. The predicted molar refractivity (Wildman–Crippen MR) is 110 cm³/mol. The van der Waals surface area contributed by atoms with Crippen LogP contribution in [0.15, 0.2) is 67.0 Å². The van der Waals surface area contributed by atoms with E-state index >= 15 is 0 Å². The second-order valence-corrected chi connectivity index (χ2v) is 7.25. The third kappa shape index (κ3) is 4.77. The van der Waals surface area contributed by atoms with Crippen molar-refractivity contribution in [1.82, 2.24) is 15.1 Å². The Morgan fingerprint density at radius 1 is 1.10 bits per heavy atom. The van der Waals surface area contributed by atoms with Crippen molar-refractivity contribution in [3.05, 3.63) is 78.1 Å². The van der Waals surface area contributed by atoms with Crippen molar-refractivity contribution in [3.8, 4) is 11.5 Å². The van der Waals surface area contributed by atoms with E-state index in [-0.39, 0.29) is 18.0 Å². The van der Waals surface area contributed by atoms with Crippen LogP contribution in [0.1, 0.15) is 36.6 Å². The molecule has 29 heavy (non-hydrogen) atoms. The molecular weight excluding hydrogens is 366 g/mol. The van der Waals surface area contributed by atoms with E-state index in [0.717, 1.165) is 22.6 Å². The molecule has 6 heteroatoms. The number of aromatic nitrogens is 2. The number of hydrogen-bond acceptors (Lipinski definition) is 4. The van der Waals surface area contributed by atoms with E-state index in [0.29, 0.717) is 26.1 Å². The highest BCUT2D eigenvalue weighted by Crippen LogP contribution is 2.33. The van der Waals surface area contributed by atoms with Gasteiger partial charge in [0.05, 0.1) is 12.1 Å². The number of hydrogen-bond donors (Lipinski definition) is 1. The molecule has 2 heterocycles. The highest BCUT2D eigenvalue weighted by molar-refractivity contribution is 5.77. The molecule has 1 amide bonds. The van der Waals surface area contributed by atoms with Gasteiger partial charge in [-0.25, -0.2) is 0 Å². The summed E-state index contributed by atoms with van der Waals surface area (Å²) >= 11 is 0. The Labute approximate surface area is 170 Å². The number of nitrogens with one attached hydrogen (secondary N) is 1. The Morgan fingerprint density at radius 3 is 2.66 bits per heavy atom. The van der Waals surface area contributed by atoms with E-state index < -0.39 is 0 Å². The standard InChI is InChI=1S/C23H25N3O3/c1-17(26-11-5-10-24-26)14-23(27)25-20(15-18-6-3-2-4-7-18)19-8-9-21-22(16-19)29-13-12-28-21/h2-11,16-17,20H,12-15H2,1H3,(H,25,27)/t17-,20-/m0/s1. The summed E-state index contributed by atoms with van der Waals surface area (Å²) in [6, 6.07) is 17.7. The van der Waals surface area contributed by atoms with Gasteiger partial charge in [0.2, 0.25) is 5.91 Å². The summed E-state index contributed by atoms with van der Waals surface area (Å²) in [4.78, 5) is 12.8. The third-order valence-corrected chi connectivity index (χ3v) is 5.04. The molecule has 3 aromatic rings. The number of fused-ring (bicyclic) bond motifs is 1. The van der Waals surface area contributed by atoms with E-state index in [4.69, 9.17) is 9.47 Å². The smallest absolute Gasteiger partial charge is 0.222 e. The molecule has 1 aromatic heterocycles. The lowest BCUT2D eigenvalue weighted by Gasteiger charge is -2.24. The van der Waals surface area contributed by atoms with E-state index in [1.165, 1.54) is 0 Å². The minimum absolute atomic E-state index is 0.0104. The molecule has 0 fully saturated rings. The summed E-state index contributed by atoms with van der Waals surface area (Å²) in [6.45, 7) is 3.08. The van der Waals surface area contributed by atoms with Crippen LogP contribution in [-0.2, 0) is 11.2 Å². The van der Waals surface area contributed by atoms with Gasteiger partial charge in [0.1, 0.15) is 13.2 Å². The minimum Gasteiger partial charge on any atom is -0.486 e. The maximum Gasteiger partial charge on any atom is 0.222 e. The Morgan fingerprint density at radius 2 is 1.90 bits per heavy atom. The van der Waals surface area contributed by atoms with E-state index in [1.807, 2.05) is 55.6 Å². The molecular formula is C23H25N3O3. The zero-order valence-electron chi connectivity index (χ0n) is 16.5. The monoisotopic (exact) mass is 391 g/mol. The molecule has 0 unspecified atom stereocenters. The molecule has 0 aliphatic carbocycles. The second-order valence-electron chi connectivity index (χ2n) is 7.25. The number of benzene rings is 2. The number of amides is 1. The maximum absolute atomic E-state index is 12.8. The summed E-state index contributed by atoms with van der Waals surface area (Å²) in [5, 5.41) is 7.43. The van der Waals surface area contributed by atoms with Gasteiger partial charge in [0.15, 0.2) is 11.5 Å². The summed E-state index contributed by atoms with van der Waals surface area (Å²) in [5.74, 6) is 1.46. The van der Waals surface area contributed by atoms with Crippen LogP contribution in [-0.4, -0.2) is 28.9 Å². The van der Waals surface area contributed by atoms with Gasteiger partial charge < -0.3 is 14.8 Å². The van der Waals surface area contributed by atoms with Crippen molar-refractivity contribution < 1.29 is 14.3 Å². The lowest BCUT2D eigenvalue weighted by Crippen LogP contribution is -2.31. The molecule has 0 saturated carbocycles. The van der Waals surface area contributed by atoms with Gasteiger partial charge in [0, 0.05) is 18.8 Å². The number of nitrogens with zero attached hydrogens (tertiary/aromatic N) is 2. The Kier molecular flexibility index (Phi) is 5.79. The SMILES string of the molecule is C[C@@H](CC(=O)N[C@@H](Cc1ccccc1)c1ccc2c(c1)OCCO2)n1cccn1. The zero-order chi connectivity index (χ0) is 20.1. The Balaban J connectivity index is 1.52. The summed E-state index contributed by atoms with van der Waals surface area (Å²) < 4.78 is 13.2. The van der Waals surface area contributed by atoms with Gasteiger partial charge in [0.25, 0.3) is 0 Å². The van der Waals surface area contributed by atoms with Gasteiger partial charge in [-0.15, -0.1) is 0 Å². The van der Waals surface area contributed by atoms with Gasteiger partial charge in [-0.1, -0.05) is 36.4 Å². The number of carbonyl (C=O) groups excluding carboxylic acids is 1. The van der Waals surface area contributed by atoms with Gasteiger partial charge in [-0.2, -0.15) is 5.10 Å². The average molecular weight is 391 g/mol. The van der Waals surface area contributed by atoms with Crippen LogP contribution >= 0.6 is 0 Å². The summed E-state index contributed by atoms with van der Waals surface area (Å²) in [7, 11) is 0. The topological polar surface area (TPSA) is 65.4 Å². The fraction of sp³-hybridized carbons (Fsp3) is 0.304. The van der Waals surface area contributed by atoms with Crippen LogP contribution in [0.25, 0.3) is 0 Å². The van der Waals surface area contributed by atoms with Crippen LogP contribution in [0.5, 0.6) is 11.5 Å². The molecule has 2 aromatic carbocycles. The van der Waals surface area contributed by atoms with Crippen molar-refractivity contribution in [2.45, 2.75) is 31.8 Å². The molecule has 0 spiro atoms. The van der Waals surface area contributed by atoms with Crippen LogP contribution in [0.4, 0.5) is 0 Å². The molecule has 1 N–H and O–H groups in total. The maximum atomic E-state index is 12.8. The number of carbonyl (C=O) groups is 1. The van der Waals surface area contributed by atoms with E-state index in [2.05, 4.69) is 22.5 Å². The number of rotatable bonds is 7. The van der Waals surface area contributed by atoms with Gasteiger partial charge in [-0.05, 0) is 42.7 Å². The molecule has 150 valence electrons. The number of ether oxygens (including phenoxy) is 2. The zero-order valence-corrected chi connectivity index (χ0v) is 16.5. The molecule has 1 aliphatic heterocycles. The minimum atomic E-state index is -0.162.